The molecule has 1 saturated heterocycles. The van der Waals surface area contributed by atoms with Crippen molar-refractivity contribution in [3.63, 3.8) is 0 Å². The summed E-state index contributed by atoms with van der Waals surface area (Å²) in [5.74, 6) is 0.150. The van der Waals surface area contributed by atoms with E-state index in [9.17, 15) is 4.79 Å². The van der Waals surface area contributed by atoms with Crippen molar-refractivity contribution in [3.8, 4) is 0 Å². The third kappa shape index (κ3) is 4.58. The quantitative estimate of drug-likeness (QED) is 0.610. The van der Waals surface area contributed by atoms with Crippen molar-refractivity contribution in [2.24, 2.45) is 5.73 Å². The fraction of sp³-hybridized carbons (Fsp3) is 0.900. The molecule has 14 heavy (non-hydrogen) atoms. The van der Waals surface area contributed by atoms with Crippen LogP contribution in [0.5, 0.6) is 0 Å². The number of hydrogen-bond donors (Lipinski definition) is 2. The van der Waals surface area contributed by atoms with Gasteiger partial charge in [0.1, 0.15) is 0 Å². The first-order valence-corrected chi connectivity index (χ1v) is 5.40. The van der Waals surface area contributed by atoms with Crippen LogP contribution in [0.1, 0.15) is 32.1 Å². The summed E-state index contributed by atoms with van der Waals surface area (Å²) in [6.07, 6.45) is 4.58. The number of hydrogen-bond acceptors (Lipinski definition) is 3. The van der Waals surface area contributed by atoms with Crippen LogP contribution in [0.25, 0.3) is 0 Å². The minimum absolute atomic E-state index is 0.150. The Hall–Kier alpha value is -0.610. The summed E-state index contributed by atoms with van der Waals surface area (Å²) in [4.78, 5) is 11.4. The maximum Gasteiger partial charge on any atom is 0.220 e. The third-order valence-corrected chi connectivity index (χ3v) is 2.40. The van der Waals surface area contributed by atoms with Gasteiger partial charge in [-0.2, -0.15) is 0 Å². The van der Waals surface area contributed by atoms with Gasteiger partial charge in [0.2, 0.25) is 5.91 Å². The van der Waals surface area contributed by atoms with E-state index in [0.717, 1.165) is 38.8 Å². The van der Waals surface area contributed by atoms with Crippen LogP contribution in [0.15, 0.2) is 0 Å². The normalized spacial score (nSPS) is 21.1. The second kappa shape index (κ2) is 6.79. The summed E-state index contributed by atoms with van der Waals surface area (Å²) in [5, 5.41) is 2.96. The van der Waals surface area contributed by atoms with Crippen molar-refractivity contribution in [1.82, 2.24) is 5.32 Å². The summed E-state index contributed by atoms with van der Waals surface area (Å²) < 4.78 is 5.17. The third-order valence-electron chi connectivity index (χ3n) is 2.40. The SMILES string of the molecule is NCCCCCC(=O)NC1CCOC1. The first kappa shape index (κ1) is 11.5. The van der Waals surface area contributed by atoms with Crippen molar-refractivity contribution >= 4 is 5.91 Å². The first-order valence-electron chi connectivity index (χ1n) is 5.40. The van der Waals surface area contributed by atoms with Crippen LogP contribution in [0, 0.1) is 0 Å². The van der Waals surface area contributed by atoms with E-state index in [4.69, 9.17) is 10.5 Å². The average molecular weight is 200 g/mol. The highest BCUT2D eigenvalue weighted by atomic mass is 16.5. The molecular weight excluding hydrogens is 180 g/mol. The van der Waals surface area contributed by atoms with Gasteiger partial charge in [-0.3, -0.25) is 4.79 Å². The lowest BCUT2D eigenvalue weighted by molar-refractivity contribution is -0.121. The number of ether oxygens (including phenoxy) is 1. The highest BCUT2D eigenvalue weighted by Gasteiger charge is 2.16. The second-order valence-corrected chi connectivity index (χ2v) is 3.73. The van der Waals surface area contributed by atoms with Gasteiger partial charge in [-0.1, -0.05) is 6.42 Å². The molecule has 82 valence electrons. The minimum atomic E-state index is 0.150. The molecule has 3 N–H and O–H groups in total. The Kier molecular flexibility index (Phi) is 5.56. The Morgan fingerprint density at radius 1 is 1.43 bits per heavy atom. The lowest BCUT2D eigenvalue weighted by atomic mass is 10.1. The highest BCUT2D eigenvalue weighted by molar-refractivity contribution is 5.76. The lowest BCUT2D eigenvalue weighted by Gasteiger charge is -2.09. The zero-order valence-electron chi connectivity index (χ0n) is 8.63. The van der Waals surface area contributed by atoms with Gasteiger partial charge in [-0.25, -0.2) is 0 Å². The molecule has 0 aromatic heterocycles. The second-order valence-electron chi connectivity index (χ2n) is 3.73. The molecule has 4 heteroatoms. The van der Waals surface area contributed by atoms with Gasteiger partial charge < -0.3 is 15.8 Å². The smallest absolute Gasteiger partial charge is 0.220 e. The van der Waals surface area contributed by atoms with E-state index in [1.54, 1.807) is 0 Å². The van der Waals surface area contributed by atoms with E-state index in [1.165, 1.54) is 0 Å². The summed E-state index contributed by atoms with van der Waals surface area (Å²) in [6.45, 7) is 2.17. The van der Waals surface area contributed by atoms with Gasteiger partial charge in [-0.15, -0.1) is 0 Å². The molecule has 0 aliphatic carbocycles. The molecule has 1 amide bonds. The van der Waals surface area contributed by atoms with Gasteiger partial charge >= 0.3 is 0 Å². The molecule has 1 rings (SSSR count). The van der Waals surface area contributed by atoms with Crippen molar-refractivity contribution in [1.29, 1.82) is 0 Å². The first-order chi connectivity index (χ1) is 6.83. The zero-order chi connectivity index (χ0) is 10.2. The number of nitrogens with two attached hydrogens (primary N) is 1. The highest BCUT2D eigenvalue weighted by Crippen LogP contribution is 2.04. The van der Waals surface area contributed by atoms with Crippen molar-refractivity contribution in [2.45, 2.75) is 38.1 Å². The molecule has 0 aromatic carbocycles. The van der Waals surface area contributed by atoms with Crippen LogP contribution in [-0.2, 0) is 9.53 Å². The Morgan fingerprint density at radius 2 is 2.29 bits per heavy atom. The van der Waals surface area contributed by atoms with Gasteiger partial charge in [0.25, 0.3) is 0 Å². The predicted molar refractivity (Wildman–Crippen MR) is 54.9 cm³/mol. The summed E-state index contributed by atoms with van der Waals surface area (Å²) >= 11 is 0. The van der Waals surface area contributed by atoms with Gasteiger partial charge in [0.05, 0.1) is 12.6 Å². The van der Waals surface area contributed by atoms with E-state index in [2.05, 4.69) is 5.32 Å². The molecule has 1 aliphatic heterocycles. The average Bonchev–Trinajstić information content (AvgIpc) is 2.65. The van der Waals surface area contributed by atoms with Crippen molar-refractivity contribution in [2.75, 3.05) is 19.8 Å². The van der Waals surface area contributed by atoms with E-state index < -0.39 is 0 Å². The lowest BCUT2D eigenvalue weighted by Crippen LogP contribution is -2.34. The molecule has 1 aliphatic rings. The number of amides is 1. The number of nitrogens with one attached hydrogen (secondary N) is 1. The Labute approximate surface area is 85.2 Å². The Morgan fingerprint density at radius 3 is 2.93 bits per heavy atom. The van der Waals surface area contributed by atoms with Gasteiger partial charge in [0, 0.05) is 13.0 Å². The Bertz CT molecular complexity index is 168. The zero-order valence-corrected chi connectivity index (χ0v) is 8.63. The number of carbonyl (C=O) groups excluding carboxylic acids is 1. The number of carbonyl (C=O) groups is 1. The molecule has 4 nitrogen and oxygen atoms in total. The van der Waals surface area contributed by atoms with Crippen LogP contribution in [0.2, 0.25) is 0 Å². The Balaban J connectivity index is 1.98. The molecule has 0 bridgehead atoms. The molecule has 0 saturated carbocycles. The fourth-order valence-corrected chi connectivity index (χ4v) is 1.55. The molecular formula is C10H20N2O2. The molecule has 0 radical (unpaired) electrons. The van der Waals surface area contributed by atoms with Crippen LogP contribution < -0.4 is 11.1 Å². The molecule has 1 heterocycles. The molecule has 0 spiro atoms. The maximum atomic E-state index is 11.4. The predicted octanol–water partition coefficient (Wildman–Crippen LogP) is 0.411. The molecule has 0 aromatic rings. The van der Waals surface area contributed by atoms with E-state index in [1.807, 2.05) is 0 Å². The van der Waals surface area contributed by atoms with Gasteiger partial charge in [0.15, 0.2) is 0 Å². The fourth-order valence-electron chi connectivity index (χ4n) is 1.55. The van der Waals surface area contributed by atoms with E-state index >= 15 is 0 Å². The molecule has 1 fully saturated rings. The van der Waals surface area contributed by atoms with Crippen LogP contribution >= 0.6 is 0 Å². The summed E-state index contributed by atoms with van der Waals surface area (Å²) in [6, 6.07) is 0.247. The minimum Gasteiger partial charge on any atom is -0.379 e. The van der Waals surface area contributed by atoms with Crippen molar-refractivity contribution in [3.05, 3.63) is 0 Å². The molecule has 1 unspecified atom stereocenters. The van der Waals surface area contributed by atoms with Crippen LogP contribution in [0.4, 0.5) is 0 Å². The topological polar surface area (TPSA) is 64.4 Å². The van der Waals surface area contributed by atoms with E-state index in [-0.39, 0.29) is 11.9 Å². The summed E-state index contributed by atoms with van der Waals surface area (Å²) in [5.41, 5.74) is 5.36. The summed E-state index contributed by atoms with van der Waals surface area (Å²) in [7, 11) is 0. The standard InChI is InChI=1S/C10H20N2O2/c11-6-3-1-2-4-10(13)12-9-5-7-14-8-9/h9H,1-8,11H2,(H,12,13). The van der Waals surface area contributed by atoms with E-state index in [0.29, 0.717) is 13.0 Å². The largest absolute Gasteiger partial charge is 0.379 e. The monoisotopic (exact) mass is 200 g/mol. The van der Waals surface area contributed by atoms with Crippen LogP contribution in [0.3, 0.4) is 0 Å². The van der Waals surface area contributed by atoms with Crippen LogP contribution in [-0.4, -0.2) is 31.7 Å². The van der Waals surface area contributed by atoms with Gasteiger partial charge in [-0.05, 0) is 25.8 Å². The maximum absolute atomic E-state index is 11.4. The number of unbranched alkanes of at least 4 members (excludes halogenated alkanes) is 2. The molecule has 1 atom stereocenters. The van der Waals surface area contributed by atoms with Crippen molar-refractivity contribution < 1.29 is 9.53 Å². The number of rotatable bonds is 6.